The molecular weight excluding hydrogens is 226 g/mol. The van der Waals surface area contributed by atoms with E-state index in [4.69, 9.17) is 11.6 Å². The third-order valence-electron chi connectivity index (χ3n) is 2.42. The van der Waals surface area contributed by atoms with Crippen molar-refractivity contribution < 1.29 is 0 Å². The molecule has 0 aliphatic rings. The molecule has 0 fully saturated rings. The number of aromatic nitrogens is 5. The predicted octanol–water partition coefficient (Wildman–Crippen LogP) is 2.43. The van der Waals surface area contributed by atoms with E-state index in [-0.39, 0.29) is 0 Å². The van der Waals surface area contributed by atoms with Gasteiger partial charge in [-0.2, -0.15) is 10.2 Å². The molecule has 0 spiro atoms. The number of H-pyrrole nitrogens is 1. The van der Waals surface area contributed by atoms with Crippen LogP contribution in [0.5, 0.6) is 0 Å². The number of rotatable bonds is 4. The van der Waals surface area contributed by atoms with Gasteiger partial charge in [0.25, 0.3) is 0 Å². The SMILES string of the molecule is CCCCn1ncnc1-c1n[nH]c(C)c1Cl. The average Bonchev–Trinajstić information content (AvgIpc) is 2.85. The van der Waals surface area contributed by atoms with Crippen molar-refractivity contribution in [3.8, 4) is 11.5 Å². The number of nitrogens with one attached hydrogen (secondary N) is 1. The highest BCUT2D eigenvalue weighted by Gasteiger charge is 2.15. The summed E-state index contributed by atoms with van der Waals surface area (Å²) in [7, 11) is 0. The van der Waals surface area contributed by atoms with Crippen LogP contribution in [0.25, 0.3) is 11.5 Å². The van der Waals surface area contributed by atoms with Crippen molar-refractivity contribution in [2.45, 2.75) is 33.2 Å². The van der Waals surface area contributed by atoms with Gasteiger partial charge in [-0.05, 0) is 13.3 Å². The Bertz CT molecular complexity index is 473. The molecule has 0 aromatic carbocycles. The van der Waals surface area contributed by atoms with E-state index in [2.05, 4.69) is 27.2 Å². The summed E-state index contributed by atoms with van der Waals surface area (Å²) in [6.07, 6.45) is 3.72. The second-order valence-electron chi connectivity index (χ2n) is 3.67. The lowest BCUT2D eigenvalue weighted by atomic mass is 10.3. The van der Waals surface area contributed by atoms with Gasteiger partial charge in [0, 0.05) is 6.54 Å². The Labute approximate surface area is 98.8 Å². The van der Waals surface area contributed by atoms with Crippen LogP contribution in [0.15, 0.2) is 6.33 Å². The number of halogens is 1. The molecule has 0 radical (unpaired) electrons. The Morgan fingerprint density at radius 1 is 1.50 bits per heavy atom. The van der Waals surface area contributed by atoms with E-state index < -0.39 is 0 Å². The minimum Gasteiger partial charge on any atom is -0.281 e. The van der Waals surface area contributed by atoms with E-state index in [1.165, 1.54) is 6.33 Å². The van der Waals surface area contributed by atoms with E-state index >= 15 is 0 Å². The lowest BCUT2D eigenvalue weighted by molar-refractivity contribution is 0.575. The molecule has 2 aromatic rings. The molecule has 86 valence electrons. The highest BCUT2D eigenvalue weighted by atomic mass is 35.5. The van der Waals surface area contributed by atoms with E-state index in [1.54, 1.807) is 0 Å². The van der Waals surface area contributed by atoms with Gasteiger partial charge < -0.3 is 0 Å². The van der Waals surface area contributed by atoms with Crippen LogP contribution in [0.1, 0.15) is 25.5 Å². The Morgan fingerprint density at radius 3 is 2.94 bits per heavy atom. The van der Waals surface area contributed by atoms with Gasteiger partial charge in [0.15, 0.2) is 5.82 Å². The maximum atomic E-state index is 6.13. The topological polar surface area (TPSA) is 59.4 Å². The number of aryl methyl sites for hydroxylation is 2. The fourth-order valence-electron chi connectivity index (χ4n) is 1.48. The van der Waals surface area contributed by atoms with Gasteiger partial charge in [-0.15, -0.1) is 0 Å². The predicted molar refractivity (Wildman–Crippen MR) is 62.3 cm³/mol. The van der Waals surface area contributed by atoms with Crippen LogP contribution in [0, 0.1) is 6.92 Å². The van der Waals surface area contributed by atoms with Crippen molar-refractivity contribution in [3.05, 3.63) is 17.0 Å². The van der Waals surface area contributed by atoms with Crippen LogP contribution in [0.4, 0.5) is 0 Å². The lowest BCUT2D eigenvalue weighted by Crippen LogP contribution is -2.02. The van der Waals surface area contributed by atoms with E-state index in [0.717, 1.165) is 30.9 Å². The molecule has 2 aromatic heterocycles. The number of hydrogen-bond acceptors (Lipinski definition) is 3. The molecule has 1 N–H and O–H groups in total. The minimum absolute atomic E-state index is 0.616. The molecule has 16 heavy (non-hydrogen) atoms. The van der Waals surface area contributed by atoms with Gasteiger partial charge in [-0.25, -0.2) is 9.67 Å². The molecule has 0 unspecified atom stereocenters. The van der Waals surface area contributed by atoms with E-state index in [0.29, 0.717) is 10.7 Å². The Kier molecular flexibility index (Phi) is 3.24. The molecule has 2 rings (SSSR count). The summed E-state index contributed by atoms with van der Waals surface area (Å²) in [6, 6.07) is 0. The summed E-state index contributed by atoms with van der Waals surface area (Å²) in [5.41, 5.74) is 1.52. The fraction of sp³-hybridized carbons (Fsp3) is 0.500. The van der Waals surface area contributed by atoms with Gasteiger partial charge in [-0.3, -0.25) is 5.10 Å². The second-order valence-corrected chi connectivity index (χ2v) is 4.05. The highest BCUT2D eigenvalue weighted by Crippen LogP contribution is 2.26. The first kappa shape index (κ1) is 11.1. The van der Waals surface area contributed by atoms with Crippen LogP contribution in [-0.4, -0.2) is 25.0 Å². The first-order valence-corrected chi connectivity index (χ1v) is 5.70. The molecule has 6 heteroatoms. The summed E-state index contributed by atoms with van der Waals surface area (Å²) in [5, 5.41) is 11.8. The molecule has 0 saturated heterocycles. The summed E-state index contributed by atoms with van der Waals surface area (Å²) >= 11 is 6.13. The number of hydrogen-bond donors (Lipinski definition) is 1. The van der Waals surface area contributed by atoms with Gasteiger partial charge in [0.1, 0.15) is 12.0 Å². The molecule has 0 aliphatic heterocycles. The Hall–Kier alpha value is -1.36. The number of nitrogens with zero attached hydrogens (tertiary/aromatic N) is 4. The summed E-state index contributed by atoms with van der Waals surface area (Å²) in [5.74, 6) is 0.725. The van der Waals surface area contributed by atoms with Gasteiger partial charge in [0.2, 0.25) is 0 Å². The Morgan fingerprint density at radius 2 is 2.31 bits per heavy atom. The van der Waals surface area contributed by atoms with Crippen molar-refractivity contribution in [2.24, 2.45) is 0 Å². The first-order valence-electron chi connectivity index (χ1n) is 5.32. The van der Waals surface area contributed by atoms with Crippen LogP contribution in [-0.2, 0) is 6.54 Å². The van der Waals surface area contributed by atoms with Crippen molar-refractivity contribution in [1.82, 2.24) is 25.0 Å². The number of unbranched alkanes of at least 4 members (excludes halogenated alkanes) is 1. The molecule has 5 nitrogen and oxygen atoms in total. The van der Waals surface area contributed by atoms with Crippen LogP contribution < -0.4 is 0 Å². The van der Waals surface area contributed by atoms with Crippen molar-refractivity contribution in [3.63, 3.8) is 0 Å². The van der Waals surface area contributed by atoms with Gasteiger partial charge >= 0.3 is 0 Å². The van der Waals surface area contributed by atoms with E-state index in [9.17, 15) is 0 Å². The number of aromatic amines is 1. The zero-order valence-corrected chi connectivity index (χ0v) is 10.1. The lowest BCUT2D eigenvalue weighted by Gasteiger charge is -2.02. The molecule has 0 bridgehead atoms. The maximum Gasteiger partial charge on any atom is 0.180 e. The van der Waals surface area contributed by atoms with Gasteiger partial charge in [-0.1, -0.05) is 24.9 Å². The molecule has 0 atom stereocenters. The smallest absolute Gasteiger partial charge is 0.180 e. The van der Waals surface area contributed by atoms with Crippen molar-refractivity contribution in [2.75, 3.05) is 0 Å². The summed E-state index contributed by atoms with van der Waals surface area (Å²) < 4.78 is 1.84. The molecule has 0 amide bonds. The zero-order valence-electron chi connectivity index (χ0n) is 9.37. The third-order valence-corrected chi connectivity index (χ3v) is 2.89. The van der Waals surface area contributed by atoms with Gasteiger partial charge in [0.05, 0.1) is 10.7 Å². The fourth-order valence-corrected chi connectivity index (χ4v) is 1.65. The van der Waals surface area contributed by atoms with Crippen molar-refractivity contribution in [1.29, 1.82) is 0 Å². The standard InChI is InChI=1S/C10H14ClN5/c1-3-4-5-16-10(12-6-13-16)9-8(11)7(2)14-15-9/h6H,3-5H2,1-2H3,(H,14,15). The third kappa shape index (κ3) is 1.95. The molecular formula is C10H14ClN5. The molecule has 0 aliphatic carbocycles. The van der Waals surface area contributed by atoms with E-state index in [1.807, 2.05) is 11.6 Å². The quantitative estimate of drug-likeness (QED) is 0.892. The Balaban J connectivity index is 2.33. The molecule has 0 saturated carbocycles. The zero-order chi connectivity index (χ0) is 11.5. The van der Waals surface area contributed by atoms with Crippen LogP contribution in [0.3, 0.4) is 0 Å². The summed E-state index contributed by atoms with van der Waals surface area (Å²) in [6.45, 7) is 4.86. The first-order chi connectivity index (χ1) is 7.74. The van der Waals surface area contributed by atoms with Crippen LogP contribution in [0.2, 0.25) is 5.02 Å². The normalized spacial score (nSPS) is 10.9. The van der Waals surface area contributed by atoms with Crippen LogP contribution >= 0.6 is 11.6 Å². The highest BCUT2D eigenvalue weighted by molar-refractivity contribution is 6.33. The maximum absolute atomic E-state index is 6.13. The summed E-state index contributed by atoms with van der Waals surface area (Å²) in [4.78, 5) is 4.20. The van der Waals surface area contributed by atoms with Crippen molar-refractivity contribution >= 4 is 11.6 Å². The molecule has 2 heterocycles. The second kappa shape index (κ2) is 4.65. The largest absolute Gasteiger partial charge is 0.281 e. The minimum atomic E-state index is 0.616. The average molecular weight is 240 g/mol. The monoisotopic (exact) mass is 239 g/mol.